The number of para-hydroxylation sites is 2. The first-order valence-electron chi connectivity index (χ1n) is 8.33. The Hall–Kier alpha value is -2.65. The van der Waals surface area contributed by atoms with E-state index in [1.54, 1.807) is 13.0 Å². The number of rotatable bonds is 4. The molecule has 1 fully saturated rings. The molecule has 134 valence electrons. The summed E-state index contributed by atoms with van der Waals surface area (Å²) < 4.78 is 7.00. The number of hydrogen-bond donors (Lipinski definition) is 1. The van der Waals surface area contributed by atoms with E-state index in [0.717, 1.165) is 24.5 Å². The van der Waals surface area contributed by atoms with Crippen LogP contribution in [0.15, 0.2) is 29.1 Å². The number of aromatic nitrogens is 4. The summed E-state index contributed by atoms with van der Waals surface area (Å²) in [6.07, 6.45) is 1.89. The number of anilines is 1. The molecule has 8 nitrogen and oxygen atoms in total. The number of ether oxygens (including phenoxy) is 1. The fraction of sp³-hybridized carbons (Fsp3) is 0.353. The Morgan fingerprint density at radius 3 is 3.04 bits per heavy atom. The SMILES string of the molecule is Cc1nc2ccccc2n(CC(=O)Nc2nnc(C3CCCO3)s2)c1=O. The molecule has 0 aliphatic carbocycles. The van der Waals surface area contributed by atoms with Crippen molar-refractivity contribution in [3.05, 3.63) is 45.3 Å². The Labute approximate surface area is 152 Å². The van der Waals surface area contributed by atoms with Crippen molar-refractivity contribution < 1.29 is 9.53 Å². The molecule has 1 amide bonds. The van der Waals surface area contributed by atoms with Gasteiger partial charge in [-0.1, -0.05) is 23.5 Å². The normalized spacial score (nSPS) is 16.9. The van der Waals surface area contributed by atoms with Crippen molar-refractivity contribution in [1.82, 2.24) is 19.7 Å². The predicted molar refractivity (Wildman–Crippen MR) is 97.2 cm³/mol. The zero-order chi connectivity index (χ0) is 18.1. The number of amides is 1. The van der Waals surface area contributed by atoms with Crippen molar-refractivity contribution in [3.8, 4) is 0 Å². The first kappa shape index (κ1) is 16.8. The van der Waals surface area contributed by atoms with Gasteiger partial charge in [0.2, 0.25) is 11.0 Å². The van der Waals surface area contributed by atoms with E-state index in [2.05, 4.69) is 20.5 Å². The maximum absolute atomic E-state index is 12.4. The van der Waals surface area contributed by atoms with Crippen molar-refractivity contribution in [2.45, 2.75) is 32.4 Å². The quantitative estimate of drug-likeness (QED) is 0.753. The molecule has 4 rings (SSSR count). The molecule has 26 heavy (non-hydrogen) atoms. The molecule has 0 radical (unpaired) electrons. The summed E-state index contributed by atoms with van der Waals surface area (Å²) in [4.78, 5) is 29.1. The smallest absolute Gasteiger partial charge is 0.272 e. The largest absolute Gasteiger partial charge is 0.371 e. The second-order valence-corrected chi connectivity index (χ2v) is 7.08. The molecule has 2 aromatic heterocycles. The van der Waals surface area contributed by atoms with Gasteiger partial charge in [0.1, 0.15) is 23.4 Å². The number of nitrogens with one attached hydrogen (secondary N) is 1. The Morgan fingerprint density at radius 2 is 2.23 bits per heavy atom. The van der Waals surface area contributed by atoms with Crippen LogP contribution < -0.4 is 10.9 Å². The van der Waals surface area contributed by atoms with Crippen molar-refractivity contribution in [2.75, 3.05) is 11.9 Å². The fourth-order valence-electron chi connectivity index (χ4n) is 2.97. The van der Waals surface area contributed by atoms with Crippen LogP contribution in [0.5, 0.6) is 0 Å². The number of fused-ring (bicyclic) bond motifs is 1. The van der Waals surface area contributed by atoms with Gasteiger partial charge in [-0.05, 0) is 31.9 Å². The second-order valence-electron chi connectivity index (χ2n) is 6.07. The van der Waals surface area contributed by atoms with Crippen molar-refractivity contribution in [3.63, 3.8) is 0 Å². The monoisotopic (exact) mass is 371 g/mol. The van der Waals surface area contributed by atoms with Crippen LogP contribution in [-0.2, 0) is 16.1 Å². The molecule has 1 atom stereocenters. The van der Waals surface area contributed by atoms with Crippen LogP contribution in [0.25, 0.3) is 11.0 Å². The number of carbonyl (C=O) groups excluding carboxylic acids is 1. The Bertz CT molecular complexity index is 1020. The van der Waals surface area contributed by atoms with Crippen molar-refractivity contribution in [2.24, 2.45) is 0 Å². The van der Waals surface area contributed by atoms with E-state index in [0.29, 0.717) is 21.9 Å². The van der Waals surface area contributed by atoms with Gasteiger partial charge in [-0.2, -0.15) is 0 Å². The molecule has 3 aromatic rings. The molecule has 1 aliphatic rings. The molecule has 9 heteroatoms. The zero-order valence-electron chi connectivity index (χ0n) is 14.1. The minimum Gasteiger partial charge on any atom is -0.371 e. The molecule has 0 saturated carbocycles. The molecule has 1 unspecified atom stereocenters. The van der Waals surface area contributed by atoms with Crippen molar-refractivity contribution in [1.29, 1.82) is 0 Å². The van der Waals surface area contributed by atoms with Gasteiger partial charge in [0.05, 0.1) is 11.0 Å². The van der Waals surface area contributed by atoms with E-state index in [-0.39, 0.29) is 24.1 Å². The zero-order valence-corrected chi connectivity index (χ0v) is 15.0. The number of aryl methyl sites for hydroxylation is 1. The number of hydrogen-bond acceptors (Lipinski definition) is 7. The third-order valence-electron chi connectivity index (χ3n) is 4.21. The molecule has 1 aliphatic heterocycles. The van der Waals surface area contributed by atoms with Crippen LogP contribution in [0.2, 0.25) is 0 Å². The molecule has 0 bridgehead atoms. The summed E-state index contributed by atoms with van der Waals surface area (Å²) in [7, 11) is 0. The lowest BCUT2D eigenvalue weighted by Gasteiger charge is -2.10. The van der Waals surface area contributed by atoms with E-state index < -0.39 is 0 Å². The average molecular weight is 371 g/mol. The fourth-order valence-corrected chi connectivity index (χ4v) is 3.81. The van der Waals surface area contributed by atoms with E-state index in [1.165, 1.54) is 15.9 Å². The number of carbonyl (C=O) groups is 1. The number of benzene rings is 1. The standard InChI is InChI=1S/C17H17N5O3S/c1-10-16(24)22(12-6-3-2-5-11(12)18-10)9-14(23)19-17-21-20-15(26-17)13-7-4-8-25-13/h2-3,5-6,13H,4,7-9H2,1H3,(H,19,21,23). The van der Waals surface area contributed by atoms with Crippen LogP contribution in [0.1, 0.15) is 29.6 Å². The highest BCUT2D eigenvalue weighted by Crippen LogP contribution is 2.31. The highest BCUT2D eigenvalue weighted by molar-refractivity contribution is 7.15. The van der Waals surface area contributed by atoms with E-state index in [9.17, 15) is 9.59 Å². The molecule has 1 saturated heterocycles. The third-order valence-corrected chi connectivity index (χ3v) is 5.14. The van der Waals surface area contributed by atoms with Crippen LogP contribution in [0.4, 0.5) is 5.13 Å². The first-order valence-corrected chi connectivity index (χ1v) is 9.14. The molecular weight excluding hydrogens is 354 g/mol. The molecular formula is C17H17N5O3S. The molecule has 0 spiro atoms. The lowest BCUT2D eigenvalue weighted by Crippen LogP contribution is -2.30. The molecule has 1 aromatic carbocycles. The lowest BCUT2D eigenvalue weighted by molar-refractivity contribution is -0.116. The summed E-state index contributed by atoms with van der Waals surface area (Å²) in [5, 5.41) is 12.0. The van der Waals surface area contributed by atoms with Gasteiger partial charge in [-0.15, -0.1) is 10.2 Å². The van der Waals surface area contributed by atoms with E-state index in [1.807, 2.05) is 18.2 Å². The topological polar surface area (TPSA) is 99.0 Å². The Kier molecular flexibility index (Phi) is 4.48. The summed E-state index contributed by atoms with van der Waals surface area (Å²) >= 11 is 1.30. The molecule has 1 N–H and O–H groups in total. The highest BCUT2D eigenvalue weighted by Gasteiger charge is 2.22. The predicted octanol–water partition coefficient (Wildman–Crippen LogP) is 2.05. The van der Waals surface area contributed by atoms with Gasteiger partial charge < -0.3 is 4.74 Å². The first-order chi connectivity index (χ1) is 12.6. The third kappa shape index (κ3) is 3.23. The van der Waals surface area contributed by atoms with Crippen LogP contribution in [0.3, 0.4) is 0 Å². The summed E-state index contributed by atoms with van der Waals surface area (Å²) in [5.74, 6) is -0.335. The Balaban J connectivity index is 1.54. The molecule has 3 heterocycles. The van der Waals surface area contributed by atoms with Crippen molar-refractivity contribution >= 4 is 33.4 Å². The maximum atomic E-state index is 12.4. The van der Waals surface area contributed by atoms with Gasteiger partial charge in [-0.3, -0.25) is 19.5 Å². The summed E-state index contributed by atoms with van der Waals surface area (Å²) in [6, 6.07) is 7.25. The average Bonchev–Trinajstić information content (AvgIpc) is 3.30. The number of nitrogens with zero attached hydrogens (tertiary/aromatic N) is 4. The highest BCUT2D eigenvalue weighted by atomic mass is 32.1. The van der Waals surface area contributed by atoms with Gasteiger partial charge >= 0.3 is 0 Å². The van der Waals surface area contributed by atoms with Gasteiger partial charge in [-0.25, -0.2) is 4.98 Å². The summed E-state index contributed by atoms with van der Waals surface area (Å²) in [6.45, 7) is 2.25. The van der Waals surface area contributed by atoms with Gasteiger partial charge in [0, 0.05) is 6.61 Å². The lowest BCUT2D eigenvalue weighted by atomic mass is 10.2. The van der Waals surface area contributed by atoms with E-state index >= 15 is 0 Å². The van der Waals surface area contributed by atoms with Gasteiger partial charge in [0.25, 0.3) is 5.56 Å². The minimum atomic E-state index is -0.335. The maximum Gasteiger partial charge on any atom is 0.272 e. The second kappa shape index (κ2) is 6.93. The van der Waals surface area contributed by atoms with Crippen LogP contribution in [-0.4, -0.2) is 32.3 Å². The minimum absolute atomic E-state index is 0.0347. The Morgan fingerprint density at radius 1 is 1.38 bits per heavy atom. The van der Waals surface area contributed by atoms with Crippen LogP contribution >= 0.6 is 11.3 Å². The summed E-state index contributed by atoms with van der Waals surface area (Å²) in [5.41, 5.74) is 1.37. The van der Waals surface area contributed by atoms with Gasteiger partial charge in [0.15, 0.2) is 0 Å². The van der Waals surface area contributed by atoms with E-state index in [4.69, 9.17) is 4.74 Å². The van der Waals surface area contributed by atoms with Crippen LogP contribution in [0, 0.1) is 6.92 Å².